The van der Waals surface area contributed by atoms with Crippen LogP contribution < -0.4 is 0 Å². The van der Waals surface area contributed by atoms with Crippen LogP contribution in [0, 0.1) is 0 Å². The van der Waals surface area contributed by atoms with E-state index in [2.05, 4.69) is 23.2 Å². The van der Waals surface area contributed by atoms with E-state index in [1.807, 2.05) is 24.3 Å². The number of rotatable bonds is 3. The maximum Gasteiger partial charge on any atom is 0.0704 e. The van der Waals surface area contributed by atoms with Gasteiger partial charge < -0.3 is 5.11 Å². The third kappa shape index (κ3) is 2.22. The first-order valence-corrected chi connectivity index (χ1v) is 5.03. The summed E-state index contributed by atoms with van der Waals surface area (Å²) in [5, 5.41) is 11.0. The first kappa shape index (κ1) is 9.87. The number of fused-ring (bicyclic) bond motifs is 1. The molecule has 2 nitrogen and oxygen atoms in total. The first-order chi connectivity index (χ1) is 7.42. The molecule has 0 bridgehead atoms. The van der Waals surface area contributed by atoms with Crippen molar-refractivity contribution in [2.75, 3.05) is 6.61 Å². The summed E-state index contributed by atoms with van der Waals surface area (Å²) < 4.78 is 0. The molecule has 0 unspecified atom stereocenters. The molecule has 0 amide bonds. The molecule has 0 aliphatic carbocycles. The van der Waals surface area contributed by atoms with Gasteiger partial charge in [0.25, 0.3) is 0 Å². The van der Waals surface area contributed by atoms with Crippen LogP contribution in [0.2, 0.25) is 0 Å². The van der Waals surface area contributed by atoms with Gasteiger partial charge in [-0.05, 0) is 11.5 Å². The van der Waals surface area contributed by atoms with Gasteiger partial charge in [0.2, 0.25) is 0 Å². The minimum atomic E-state index is 0.147. The van der Waals surface area contributed by atoms with E-state index in [1.54, 1.807) is 6.21 Å². The van der Waals surface area contributed by atoms with Crippen molar-refractivity contribution in [3.63, 3.8) is 0 Å². The molecule has 15 heavy (non-hydrogen) atoms. The predicted octanol–water partition coefficient (Wildman–Crippen LogP) is 2.92. The van der Waals surface area contributed by atoms with Crippen LogP contribution in [0.1, 0.15) is 6.42 Å². The van der Waals surface area contributed by atoms with Gasteiger partial charge in [-0.3, -0.25) is 4.99 Å². The molecule has 2 aromatic rings. The second-order valence-corrected chi connectivity index (χ2v) is 3.32. The molecule has 76 valence electrons. The molecule has 0 radical (unpaired) electrons. The Balaban J connectivity index is 2.42. The van der Waals surface area contributed by atoms with Crippen molar-refractivity contribution in [1.29, 1.82) is 0 Å². The third-order valence-corrected chi connectivity index (χ3v) is 2.26. The first-order valence-electron chi connectivity index (χ1n) is 5.03. The molecular formula is C13H13NO. The molecule has 0 saturated carbocycles. The summed E-state index contributed by atoms with van der Waals surface area (Å²) in [5.74, 6) is 0. The average Bonchev–Trinajstić information content (AvgIpc) is 2.30. The van der Waals surface area contributed by atoms with Gasteiger partial charge in [-0.15, -0.1) is 0 Å². The summed E-state index contributed by atoms with van der Waals surface area (Å²) in [6.45, 7) is 0.147. The van der Waals surface area contributed by atoms with Crippen molar-refractivity contribution in [2.24, 2.45) is 4.99 Å². The molecule has 2 aromatic carbocycles. The highest BCUT2D eigenvalue weighted by Crippen LogP contribution is 2.25. The lowest BCUT2D eigenvalue weighted by molar-refractivity contribution is 0.308. The van der Waals surface area contributed by atoms with Gasteiger partial charge in [0.15, 0.2) is 0 Å². The summed E-state index contributed by atoms with van der Waals surface area (Å²) in [4.78, 5) is 4.34. The highest BCUT2D eigenvalue weighted by atomic mass is 16.2. The molecule has 0 spiro atoms. The van der Waals surface area contributed by atoms with E-state index in [9.17, 15) is 0 Å². The quantitative estimate of drug-likeness (QED) is 0.757. The largest absolute Gasteiger partial charge is 0.396 e. The fraction of sp³-hybridized carbons (Fsp3) is 0.154. The SMILES string of the molecule is OCCC=Nc1cccc2ccccc12. The molecule has 0 heterocycles. The maximum atomic E-state index is 8.67. The molecule has 0 aliphatic rings. The number of hydrogen-bond acceptors (Lipinski definition) is 2. The number of aliphatic hydroxyl groups excluding tert-OH is 1. The summed E-state index contributed by atoms with van der Waals surface area (Å²) in [5.41, 5.74) is 0.960. The van der Waals surface area contributed by atoms with Crippen molar-refractivity contribution in [2.45, 2.75) is 6.42 Å². The highest BCUT2D eigenvalue weighted by Gasteiger charge is 1.96. The fourth-order valence-electron chi connectivity index (χ4n) is 1.54. The van der Waals surface area contributed by atoms with Crippen LogP contribution in [0.25, 0.3) is 10.8 Å². The van der Waals surface area contributed by atoms with Gasteiger partial charge in [0.05, 0.1) is 5.69 Å². The van der Waals surface area contributed by atoms with Crippen molar-refractivity contribution in [1.82, 2.24) is 0 Å². The lowest BCUT2D eigenvalue weighted by atomic mass is 10.1. The zero-order valence-electron chi connectivity index (χ0n) is 8.43. The summed E-state index contributed by atoms with van der Waals surface area (Å²) in [7, 11) is 0. The molecule has 0 aliphatic heterocycles. The Morgan fingerprint density at radius 3 is 2.73 bits per heavy atom. The summed E-state index contributed by atoms with van der Waals surface area (Å²) in [6, 6.07) is 14.2. The normalized spacial score (nSPS) is 11.3. The number of aliphatic hydroxyl groups is 1. The van der Waals surface area contributed by atoms with Gasteiger partial charge in [-0.25, -0.2) is 0 Å². The van der Waals surface area contributed by atoms with Crippen LogP contribution >= 0.6 is 0 Å². The summed E-state index contributed by atoms with van der Waals surface area (Å²) >= 11 is 0. The molecule has 0 saturated heterocycles. The van der Waals surface area contributed by atoms with E-state index in [-0.39, 0.29) is 6.61 Å². The molecule has 0 fully saturated rings. The predicted molar refractivity (Wildman–Crippen MR) is 63.8 cm³/mol. The van der Waals surface area contributed by atoms with Crippen LogP contribution in [0.5, 0.6) is 0 Å². The smallest absolute Gasteiger partial charge is 0.0704 e. The molecule has 1 N–H and O–H groups in total. The van der Waals surface area contributed by atoms with E-state index in [0.717, 1.165) is 11.1 Å². The van der Waals surface area contributed by atoms with Crippen molar-refractivity contribution in [3.8, 4) is 0 Å². The van der Waals surface area contributed by atoms with Crippen LogP contribution in [-0.4, -0.2) is 17.9 Å². The van der Waals surface area contributed by atoms with Crippen molar-refractivity contribution in [3.05, 3.63) is 42.5 Å². The van der Waals surface area contributed by atoms with Gasteiger partial charge >= 0.3 is 0 Å². The van der Waals surface area contributed by atoms with Gasteiger partial charge in [-0.1, -0.05) is 36.4 Å². The Labute approximate surface area is 88.9 Å². The molecule has 0 aromatic heterocycles. The van der Waals surface area contributed by atoms with Crippen LogP contribution in [0.3, 0.4) is 0 Å². The van der Waals surface area contributed by atoms with E-state index in [0.29, 0.717) is 6.42 Å². The van der Waals surface area contributed by atoms with E-state index in [1.165, 1.54) is 5.39 Å². The Morgan fingerprint density at radius 2 is 1.87 bits per heavy atom. The number of aliphatic imine (C=N–C) groups is 1. The van der Waals surface area contributed by atoms with Crippen molar-refractivity contribution < 1.29 is 5.11 Å². The lowest BCUT2D eigenvalue weighted by Crippen LogP contribution is -1.82. The number of hydrogen-bond donors (Lipinski definition) is 1. The highest BCUT2D eigenvalue weighted by molar-refractivity contribution is 5.93. The topological polar surface area (TPSA) is 32.6 Å². The zero-order valence-corrected chi connectivity index (χ0v) is 8.43. The monoisotopic (exact) mass is 199 g/mol. The Kier molecular flexibility index (Phi) is 3.10. The van der Waals surface area contributed by atoms with Gasteiger partial charge in [-0.2, -0.15) is 0 Å². The Hall–Kier alpha value is -1.67. The number of benzene rings is 2. The second kappa shape index (κ2) is 4.71. The molecular weight excluding hydrogens is 186 g/mol. The van der Waals surface area contributed by atoms with E-state index in [4.69, 9.17) is 5.11 Å². The maximum absolute atomic E-state index is 8.67. The second-order valence-electron chi connectivity index (χ2n) is 3.32. The Morgan fingerprint density at radius 1 is 1.07 bits per heavy atom. The molecule has 0 atom stereocenters. The van der Waals surface area contributed by atoms with E-state index >= 15 is 0 Å². The minimum Gasteiger partial charge on any atom is -0.396 e. The van der Waals surface area contributed by atoms with Crippen LogP contribution in [-0.2, 0) is 0 Å². The van der Waals surface area contributed by atoms with E-state index < -0.39 is 0 Å². The molecule has 2 heteroatoms. The number of nitrogens with zero attached hydrogens (tertiary/aromatic N) is 1. The van der Waals surface area contributed by atoms with Crippen LogP contribution in [0.15, 0.2) is 47.5 Å². The van der Waals surface area contributed by atoms with Crippen molar-refractivity contribution >= 4 is 22.7 Å². The third-order valence-electron chi connectivity index (χ3n) is 2.26. The van der Waals surface area contributed by atoms with Gasteiger partial charge in [0.1, 0.15) is 0 Å². The summed E-state index contributed by atoms with van der Waals surface area (Å²) in [6.07, 6.45) is 2.35. The average molecular weight is 199 g/mol. The standard InChI is InChI=1S/C13H13NO/c15-10-4-9-14-13-8-3-6-11-5-1-2-7-12(11)13/h1-3,5-9,15H,4,10H2. The fourth-order valence-corrected chi connectivity index (χ4v) is 1.54. The lowest BCUT2D eigenvalue weighted by Gasteiger charge is -2.00. The van der Waals surface area contributed by atoms with Gasteiger partial charge in [0, 0.05) is 24.6 Å². The van der Waals surface area contributed by atoms with Crippen LogP contribution in [0.4, 0.5) is 5.69 Å². The Bertz CT molecular complexity index is 471. The zero-order chi connectivity index (χ0) is 10.5. The molecule has 2 rings (SSSR count). The minimum absolute atomic E-state index is 0.147.